The van der Waals surface area contributed by atoms with Crippen molar-refractivity contribution >= 4 is 40.7 Å². The summed E-state index contributed by atoms with van der Waals surface area (Å²) in [6.45, 7) is 3.83. The summed E-state index contributed by atoms with van der Waals surface area (Å²) in [5.41, 5.74) is 0.687. The Morgan fingerprint density at radius 2 is 1.70 bits per heavy atom. The lowest BCUT2D eigenvalue weighted by Gasteiger charge is -2.07. The molecule has 0 aliphatic heterocycles. The molecule has 2 rings (SSSR count). The van der Waals surface area contributed by atoms with E-state index >= 15 is 0 Å². The Kier molecular flexibility index (Phi) is 5.73. The van der Waals surface area contributed by atoms with Crippen LogP contribution in [0.3, 0.4) is 0 Å². The smallest absolute Gasteiger partial charge is 0.274 e. The number of hydrogen-bond donors (Lipinski definition) is 2. The first-order chi connectivity index (χ1) is 11.0. The minimum Gasteiger partial charge on any atom is -0.347 e. The predicted octanol–water partition coefficient (Wildman–Crippen LogP) is 3.56. The number of nitrogens with one attached hydrogen (secondary N) is 2. The monoisotopic (exact) mass is 349 g/mol. The van der Waals surface area contributed by atoms with Gasteiger partial charge in [0, 0.05) is 22.3 Å². The third-order valence-corrected chi connectivity index (χ3v) is 3.18. The summed E-state index contributed by atoms with van der Waals surface area (Å²) in [5, 5.41) is 6.03. The van der Waals surface area contributed by atoms with Crippen LogP contribution in [0.25, 0.3) is 0 Å². The summed E-state index contributed by atoms with van der Waals surface area (Å²) < 4.78 is 0. The van der Waals surface area contributed by atoms with Gasteiger partial charge in [-0.3, -0.25) is 9.59 Å². The Balaban J connectivity index is 2.16. The minimum atomic E-state index is -0.471. The van der Waals surface area contributed by atoms with Gasteiger partial charge in [0.1, 0.15) is 11.4 Å². The molecule has 118 valence electrons. The summed E-state index contributed by atoms with van der Waals surface area (Å²) in [4.78, 5) is 28.1. The van der Waals surface area contributed by atoms with Gasteiger partial charge in [-0.05, 0) is 30.3 Å². The van der Waals surface area contributed by atoms with Crippen LogP contribution in [0, 0.1) is 0 Å². The zero-order chi connectivity index (χ0) is 16.8. The molecule has 1 aromatic carbocycles. The fraction of sp³-hybridized carbons (Fsp3) is 0.0625. The molecule has 2 amide bonds. The van der Waals surface area contributed by atoms with E-state index in [2.05, 4.69) is 22.2 Å². The van der Waals surface area contributed by atoms with E-state index in [1.807, 2.05) is 0 Å². The third kappa shape index (κ3) is 4.81. The van der Waals surface area contributed by atoms with Gasteiger partial charge in [0.25, 0.3) is 11.8 Å². The van der Waals surface area contributed by atoms with Crippen LogP contribution < -0.4 is 10.6 Å². The Bertz CT molecular complexity index is 742. The molecule has 2 aromatic rings. The van der Waals surface area contributed by atoms with Crippen molar-refractivity contribution in [1.82, 2.24) is 10.3 Å². The number of nitrogens with zero attached hydrogens (tertiary/aromatic N) is 1. The summed E-state index contributed by atoms with van der Waals surface area (Å²) >= 11 is 11.8. The van der Waals surface area contributed by atoms with Crippen LogP contribution in [0.2, 0.25) is 10.0 Å². The molecular formula is C16H13Cl2N3O2. The Hall–Kier alpha value is -2.37. The molecule has 23 heavy (non-hydrogen) atoms. The highest BCUT2D eigenvalue weighted by atomic mass is 35.5. The first-order valence-electron chi connectivity index (χ1n) is 6.63. The molecule has 0 saturated carbocycles. The molecule has 7 heteroatoms. The number of benzene rings is 1. The van der Waals surface area contributed by atoms with E-state index in [0.29, 0.717) is 22.3 Å². The normalized spacial score (nSPS) is 10.0. The number of rotatable bonds is 5. The molecule has 0 spiro atoms. The molecule has 0 aliphatic carbocycles. The van der Waals surface area contributed by atoms with Gasteiger partial charge >= 0.3 is 0 Å². The maximum absolute atomic E-state index is 12.2. The predicted molar refractivity (Wildman–Crippen MR) is 91.2 cm³/mol. The molecule has 1 aromatic heterocycles. The molecule has 0 radical (unpaired) electrons. The van der Waals surface area contributed by atoms with Crippen LogP contribution in [-0.2, 0) is 0 Å². The molecular weight excluding hydrogens is 337 g/mol. The van der Waals surface area contributed by atoms with E-state index in [4.69, 9.17) is 23.2 Å². The van der Waals surface area contributed by atoms with Crippen molar-refractivity contribution in [3.63, 3.8) is 0 Å². The number of amides is 2. The number of carbonyl (C=O) groups is 2. The summed E-state index contributed by atoms with van der Waals surface area (Å²) in [5.74, 6) is -0.855. The van der Waals surface area contributed by atoms with E-state index in [0.717, 1.165) is 0 Å². The van der Waals surface area contributed by atoms with Crippen LogP contribution in [0.5, 0.6) is 0 Å². The van der Waals surface area contributed by atoms with E-state index in [1.54, 1.807) is 30.3 Å². The van der Waals surface area contributed by atoms with Gasteiger partial charge in [-0.15, -0.1) is 6.58 Å². The van der Waals surface area contributed by atoms with Crippen LogP contribution in [0.4, 0.5) is 5.69 Å². The third-order valence-electron chi connectivity index (χ3n) is 2.74. The van der Waals surface area contributed by atoms with Gasteiger partial charge < -0.3 is 10.6 Å². The Labute approximate surface area is 143 Å². The topological polar surface area (TPSA) is 71.1 Å². The minimum absolute atomic E-state index is 0.104. The lowest BCUT2D eigenvalue weighted by molar-refractivity contribution is 0.0953. The van der Waals surface area contributed by atoms with Crippen molar-refractivity contribution in [2.75, 3.05) is 11.9 Å². The second-order valence-electron chi connectivity index (χ2n) is 4.52. The van der Waals surface area contributed by atoms with Crippen LogP contribution >= 0.6 is 23.2 Å². The van der Waals surface area contributed by atoms with E-state index in [1.165, 1.54) is 12.1 Å². The number of pyridine rings is 1. The lowest BCUT2D eigenvalue weighted by Crippen LogP contribution is -2.25. The molecule has 0 unspecified atom stereocenters. The standard InChI is InChI=1S/C16H13Cl2N3O2/c1-2-6-19-15(22)13-4-3-5-14(21-13)16(23)20-12-8-10(17)7-11(18)9-12/h2-5,7-9H,1,6H2,(H,19,22)(H,20,23). The molecule has 0 saturated heterocycles. The number of halogens is 2. The van der Waals surface area contributed by atoms with Crippen molar-refractivity contribution in [2.24, 2.45) is 0 Å². The van der Waals surface area contributed by atoms with Gasteiger partial charge in [0.15, 0.2) is 0 Å². The quantitative estimate of drug-likeness (QED) is 0.810. The van der Waals surface area contributed by atoms with Crippen molar-refractivity contribution < 1.29 is 9.59 Å². The van der Waals surface area contributed by atoms with E-state index in [9.17, 15) is 9.59 Å². The largest absolute Gasteiger partial charge is 0.347 e. The number of hydrogen-bond acceptors (Lipinski definition) is 3. The number of aromatic nitrogens is 1. The van der Waals surface area contributed by atoms with Gasteiger partial charge in [0.2, 0.25) is 0 Å². The van der Waals surface area contributed by atoms with Gasteiger partial charge in [0.05, 0.1) is 0 Å². The van der Waals surface area contributed by atoms with Crippen molar-refractivity contribution in [1.29, 1.82) is 0 Å². The second kappa shape index (κ2) is 7.76. The zero-order valence-corrected chi connectivity index (χ0v) is 13.5. The SMILES string of the molecule is C=CCNC(=O)c1cccc(C(=O)Nc2cc(Cl)cc(Cl)c2)n1. The molecule has 0 aliphatic rings. The first-order valence-corrected chi connectivity index (χ1v) is 7.39. The fourth-order valence-electron chi connectivity index (χ4n) is 1.76. The van der Waals surface area contributed by atoms with Gasteiger partial charge in [-0.2, -0.15) is 0 Å². The zero-order valence-electron chi connectivity index (χ0n) is 12.0. The fourth-order valence-corrected chi connectivity index (χ4v) is 2.29. The average molecular weight is 350 g/mol. The molecule has 0 bridgehead atoms. The Morgan fingerprint density at radius 3 is 2.30 bits per heavy atom. The van der Waals surface area contributed by atoms with Gasteiger partial charge in [-0.25, -0.2) is 4.98 Å². The highest BCUT2D eigenvalue weighted by Crippen LogP contribution is 2.22. The summed E-state index contributed by atoms with van der Waals surface area (Å²) in [6, 6.07) is 9.28. The molecule has 5 nitrogen and oxygen atoms in total. The average Bonchev–Trinajstić information content (AvgIpc) is 2.51. The van der Waals surface area contributed by atoms with Crippen molar-refractivity contribution in [2.45, 2.75) is 0 Å². The summed E-state index contributed by atoms with van der Waals surface area (Å²) in [6.07, 6.45) is 1.55. The molecule has 2 N–H and O–H groups in total. The Morgan fingerprint density at radius 1 is 1.09 bits per heavy atom. The van der Waals surface area contributed by atoms with E-state index in [-0.39, 0.29) is 17.3 Å². The second-order valence-corrected chi connectivity index (χ2v) is 5.39. The highest BCUT2D eigenvalue weighted by Gasteiger charge is 2.12. The van der Waals surface area contributed by atoms with Crippen molar-refractivity contribution in [3.8, 4) is 0 Å². The number of carbonyl (C=O) groups excluding carboxylic acids is 2. The first kappa shape index (κ1) is 17.0. The van der Waals surface area contributed by atoms with Crippen LogP contribution in [0.1, 0.15) is 21.0 Å². The summed E-state index contributed by atoms with van der Waals surface area (Å²) in [7, 11) is 0. The number of anilines is 1. The molecule has 0 fully saturated rings. The maximum Gasteiger partial charge on any atom is 0.274 e. The van der Waals surface area contributed by atoms with E-state index < -0.39 is 5.91 Å². The van der Waals surface area contributed by atoms with Crippen molar-refractivity contribution in [3.05, 3.63) is 70.5 Å². The van der Waals surface area contributed by atoms with Crippen LogP contribution in [-0.4, -0.2) is 23.3 Å². The maximum atomic E-state index is 12.2. The van der Waals surface area contributed by atoms with Crippen LogP contribution in [0.15, 0.2) is 49.1 Å². The van der Waals surface area contributed by atoms with Gasteiger partial charge in [-0.1, -0.05) is 35.3 Å². The lowest BCUT2D eigenvalue weighted by atomic mass is 10.2. The molecule has 0 atom stereocenters. The highest BCUT2D eigenvalue weighted by molar-refractivity contribution is 6.35. The molecule has 1 heterocycles.